The van der Waals surface area contributed by atoms with Gasteiger partial charge in [-0.3, -0.25) is 4.99 Å². The van der Waals surface area contributed by atoms with Gasteiger partial charge in [-0.1, -0.05) is 0 Å². The van der Waals surface area contributed by atoms with Gasteiger partial charge in [-0.05, 0) is 31.2 Å². The van der Waals surface area contributed by atoms with Crippen LogP contribution in [0.1, 0.15) is 23.7 Å². The van der Waals surface area contributed by atoms with Gasteiger partial charge in [-0.25, -0.2) is 14.4 Å². The first-order valence-corrected chi connectivity index (χ1v) is 9.02. The summed E-state index contributed by atoms with van der Waals surface area (Å²) in [5.74, 6) is 0.000398. The molecular formula is C20H21FN4O3. The first kappa shape index (κ1) is 18.5. The Balaban J connectivity index is 1.63. The maximum Gasteiger partial charge on any atom is 0.143 e. The van der Waals surface area contributed by atoms with Crippen LogP contribution in [0.5, 0.6) is 5.75 Å². The van der Waals surface area contributed by atoms with Crippen molar-refractivity contribution in [2.24, 2.45) is 4.99 Å². The van der Waals surface area contributed by atoms with Gasteiger partial charge in [0.15, 0.2) is 0 Å². The van der Waals surface area contributed by atoms with Crippen LogP contribution in [0.2, 0.25) is 0 Å². The van der Waals surface area contributed by atoms with Crippen LogP contribution in [0.3, 0.4) is 0 Å². The van der Waals surface area contributed by atoms with Gasteiger partial charge in [0.05, 0.1) is 11.7 Å². The lowest BCUT2D eigenvalue weighted by Gasteiger charge is -2.19. The third kappa shape index (κ3) is 3.14. The smallest absolute Gasteiger partial charge is 0.143 e. The second-order valence-corrected chi connectivity index (χ2v) is 6.93. The normalized spacial score (nSPS) is 25.0. The van der Waals surface area contributed by atoms with Gasteiger partial charge < -0.3 is 19.5 Å². The number of aliphatic hydroxyl groups excluding tert-OH is 2. The van der Waals surface area contributed by atoms with E-state index in [0.29, 0.717) is 23.4 Å². The molecule has 0 saturated heterocycles. The molecule has 0 unspecified atom stereocenters. The summed E-state index contributed by atoms with van der Waals surface area (Å²) in [4.78, 5) is 12.4. The van der Waals surface area contributed by atoms with Gasteiger partial charge in [-0.2, -0.15) is 0 Å². The van der Waals surface area contributed by atoms with Gasteiger partial charge in [-0.15, -0.1) is 0 Å². The molecule has 2 N–H and O–H groups in total. The largest absolute Gasteiger partial charge is 0.487 e. The van der Waals surface area contributed by atoms with E-state index in [2.05, 4.69) is 15.0 Å². The molecule has 28 heavy (non-hydrogen) atoms. The molecule has 0 aliphatic heterocycles. The number of benzene rings is 1. The topological polar surface area (TPSA) is 92.8 Å². The summed E-state index contributed by atoms with van der Waals surface area (Å²) in [6, 6.07) is 5.59. The lowest BCUT2D eigenvalue weighted by Crippen LogP contribution is -2.34. The number of halogens is 1. The lowest BCUT2D eigenvalue weighted by atomic mass is 10.2. The minimum atomic E-state index is -1.10. The highest BCUT2D eigenvalue weighted by atomic mass is 19.1. The van der Waals surface area contributed by atoms with Gasteiger partial charge in [0, 0.05) is 36.8 Å². The van der Waals surface area contributed by atoms with Gasteiger partial charge in [0.25, 0.3) is 0 Å². The molecule has 2 aromatic heterocycles. The summed E-state index contributed by atoms with van der Waals surface area (Å²) in [6.07, 6.45) is 2.40. The molecule has 2 heterocycles. The SMILES string of the molecule is C/N=C/c1cc(F)ccc1O[C@@H]1C[C@H](n2ccc3c(C)ncnc32)[C@@H](O)[C@H]1O. The average molecular weight is 384 g/mol. The highest BCUT2D eigenvalue weighted by Gasteiger charge is 2.44. The van der Waals surface area contributed by atoms with E-state index in [0.717, 1.165) is 11.1 Å². The van der Waals surface area contributed by atoms with E-state index in [1.54, 1.807) is 7.05 Å². The number of rotatable bonds is 4. The van der Waals surface area contributed by atoms with E-state index in [1.165, 1.54) is 30.7 Å². The van der Waals surface area contributed by atoms with E-state index in [9.17, 15) is 14.6 Å². The number of aryl methyl sites for hydroxylation is 1. The summed E-state index contributed by atoms with van der Waals surface area (Å²) < 4.78 is 21.3. The van der Waals surface area contributed by atoms with E-state index in [4.69, 9.17) is 4.74 Å². The zero-order chi connectivity index (χ0) is 19.8. The molecule has 146 valence electrons. The van der Waals surface area contributed by atoms with Crippen molar-refractivity contribution in [2.75, 3.05) is 7.05 Å². The lowest BCUT2D eigenvalue weighted by molar-refractivity contribution is -0.0164. The minimum absolute atomic E-state index is 0.370. The van der Waals surface area contributed by atoms with Crippen LogP contribution in [-0.4, -0.2) is 56.3 Å². The number of aliphatic imine (C=N–C) groups is 1. The summed E-state index contributed by atoms with van der Waals surface area (Å²) >= 11 is 0. The Bertz CT molecular complexity index is 1040. The van der Waals surface area contributed by atoms with Crippen LogP contribution in [0, 0.1) is 12.7 Å². The second-order valence-electron chi connectivity index (χ2n) is 6.93. The molecule has 1 saturated carbocycles. The van der Waals surface area contributed by atoms with E-state index >= 15 is 0 Å². The molecule has 7 nitrogen and oxygen atoms in total. The molecule has 4 rings (SSSR count). The third-order valence-corrected chi connectivity index (χ3v) is 5.18. The van der Waals surface area contributed by atoms with Crippen LogP contribution in [0.15, 0.2) is 41.8 Å². The Labute approximate surface area is 161 Å². The second kappa shape index (κ2) is 7.29. The van der Waals surface area contributed by atoms with E-state index in [-0.39, 0.29) is 0 Å². The molecule has 1 aromatic carbocycles. The van der Waals surface area contributed by atoms with Gasteiger partial charge >= 0.3 is 0 Å². The Kier molecular flexibility index (Phi) is 4.82. The first-order valence-electron chi connectivity index (χ1n) is 9.02. The summed E-state index contributed by atoms with van der Waals surface area (Å²) in [5, 5.41) is 22.1. The predicted octanol–water partition coefficient (Wildman–Crippen LogP) is 2.04. The van der Waals surface area contributed by atoms with Crippen LogP contribution in [0.25, 0.3) is 11.0 Å². The van der Waals surface area contributed by atoms with Crippen molar-refractivity contribution in [1.82, 2.24) is 14.5 Å². The minimum Gasteiger partial charge on any atom is -0.487 e. The number of nitrogens with zero attached hydrogens (tertiary/aromatic N) is 4. The number of aromatic nitrogens is 3. The van der Waals surface area contributed by atoms with Gasteiger partial charge in [0.2, 0.25) is 0 Å². The first-order chi connectivity index (χ1) is 13.5. The summed E-state index contributed by atoms with van der Waals surface area (Å²) in [7, 11) is 1.58. The highest BCUT2D eigenvalue weighted by Crippen LogP contribution is 2.36. The van der Waals surface area contributed by atoms with Crippen molar-refractivity contribution < 1.29 is 19.3 Å². The van der Waals surface area contributed by atoms with Crippen molar-refractivity contribution in [3.8, 4) is 5.75 Å². The van der Waals surface area contributed by atoms with Crippen molar-refractivity contribution in [3.05, 3.63) is 53.9 Å². The summed E-state index contributed by atoms with van der Waals surface area (Å²) in [5.41, 5.74) is 2.02. The molecule has 4 atom stereocenters. The molecule has 3 aromatic rings. The van der Waals surface area contributed by atoms with Crippen LogP contribution >= 0.6 is 0 Å². The Morgan fingerprint density at radius 3 is 2.86 bits per heavy atom. The zero-order valence-corrected chi connectivity index (χ0v) is 15.5. The third-order valence-electron chi connectivity index (χ3n) is 5.18. The maximum atomic E-state index is 13.5. The van der Waals surface area contributed by atoms with Crippen molar-refractivity contribution in [1.29, 1.82) is 0 Å². The number of ether oxygens (including phenoxy) is 1. The Morgan fingerprint density at radius 2 is 2.07 bits per heavy atom. The summed E-state index contributed by atoms with van der Waals surface area (Å²) in [6.45, 7) is 1.89. The predicted molar refractivity (Wildman–Crippen MR) is 102 cm³/mol. The van der Waals surface area contributed by atoms with Crippen LogP contribution in [0.4, 0.5) is 4.39 Å². The number of fused-ring (bicyclic) bond motifs is 1. The molecule has 1 aliphatic rings. The molecular weight excluding hydrogens is 363 g/mol. The van der Waals surface area contributed by atoms with E-state index < -0.39 is 30.2 Å². The number of hydrogen-bond donors (Lipinski definition) is 2. The van der Waals surface area contributed by atoms with Crippen molar-refractivity contribution >= 4 is 17.2 Å². The van der Waals surface area contributed by atoms with Crippen LogP contribution < -0.4 is 4.74 Å². The van der Waals surface area contributed by atoms with Crippen molar-refractivity contribution in [2.45, 2.75) is 37.7 Å². The molecule has 1 fully saturated rings. The molecule has 0 amide bonds. The fraction of sp³-hybridized carbons (Fsp3) is 0.350. The van der Waals surface area contributed by atoms with E-state index in [1.807, 2.05) is 23.8 Å². The number of hydrogen-bond acceptors (Lipinski definition) is 6. The molecule has 8 heteroatoms. The molecule has 0 spiro atoms. The van der Waals surface area contributed by atoms with Crippen LogP contribution in [-0.2, 0) is 0 Å². The fourth-order valence-corrected chi connectivity index (χ4v) is 3.76. The highest BCUT2D eigenvalue weighted by molar-refractivity contribution is 5.83. The monoisotopic (exact) mass is 384 g/mol. The standard InChI is InChI=1S/C20H21FN4O3/c1-11-14-5-6-25(20(14)24-10-23-11)15-8-17(19(27)18(15)26)28-16-4-3-13(21)7-12(16)9-22-2/h3-7,9-10,15,17-19,26-27H,8H2,1-2H3/b22-9+/t15-,17+,18+,19-/m0/s1. The van der Waals surface area contributed by atoms with Crippen molar-refractivity contribution in [3.63, 3.8) is 0 Å². The molecule has 1 aliphatic carbocycles. The molecule has 0 bridgehead atoms. The zero-order valence-electron chi connectivity index (χ0n) is 15.5. The quantitative estimate of drug-likeness (QED) is 0.672. The van der Waals surface area contributed by atoms with Gasteiger partial charge in [0.1, 0.15) is 41.9 Å². The Hall–Kier alpha value is -2.84. The average Bonchev–Trinajstić information content (AvgIpc) is 3.21. The fourth-order valence-electron chi connectivity index (χ4n) is 3.76. The Morgan fingerprint density at radius 1 is 1.25 bits per heavy atom. The number of aliphatic hydroxyl groups is 2. The molecule has 0 radical (unpaired) electrons. The maximum absolute atomic E-state index is 13.5.